The number of hydrogen-bond acceptors (Lipinski definition) is 5. The molecule has 0 spiro atoms. The Labute approximate surface area is 95.8 Å². The molecule has 0 unspecified atom stereocenters. The van der Waals surface area contributed by atoms with E-state index >= 15 is 0 Å². The summed E-state index contributed by atoms with van der Waals surface area (Å²) in [5.74, 6) is 0.520. The zero-order chi connectivity index (χ0) is 11.0. The maximum atomic E-state index is 5.54. The fourth-order valence-electron chi connectivity index (χ4n) is 1.44. The summed E-state index contributed by atoms with van der Waals surface area (Å²) in [6.07, 6.45) is 5.27. The quantitative estimate of drug-likeness (QED) is 0.694. The lowest BCUT2D eigenvalue weighted by atomic mass is 10.3. The minimum Gasteiger partial charge on any atom is -0.384 e. The van der Waals surface area contributed by atoms with Crippen molar-refractivity contribution in [3.05, 3.63) is 36.8 Å². The molecule has 0 aliphatic carbocycles. The minimum atomic E-state index is 0.520. The number of hydrogen-bond donors (Lipinski definition) is 1. The van der Waals surface area contributed by atoms with Gasteiger partial charge in [0.05, 0.1) is 10.9 Å². The van der Waals surface area contributed by atoms with Gasteiger partial charge in [0.15, 0.2) is 0 Å². The molecular weight excluding hydrogens is 220 g/mol. The summed E-state index contributed by atoms with van der Waals surface area (Å²) in [5, 5.41) is 0.940. The summed E-state index contributed by atoms with van der Waals surface area (Å²) in [7, 11) is 0. The first kappa shape index (κ1) is 9.23. The number of rotatable bonds is 1. The summed E-state index contributed by atoms with van der Waals surface area (Å²) in [6.45, 7) is 0. The Morgan fingerprint density at radius 2 is 2.06 bits per heavy atom. The van der Waals surface area contributed by atoms with Gasteiger partial charge in [0.2, 0.25) is 0 Å². The minimum absolute atomic E-state index is 0.520. The summed E-state index contributed by atoms with van der Waals surface area (Å²) >= 11 is 1.62. The van der Waals surface area contributed by atoms with Crippen molar-refractivity contribution in [2.45, 2.75) is 0 Å². The van der Waals surface area contributed by atoms with E-state index in [1.54, 1.807) is 36.0 Å². The Balaban J connectivity index is 2.15. The van der Waals surface area contributed by atoms with E-state index in [1.807, 2.05) is 12.1 Å². The van der Waals surface area contributed by atoms with Crippen molar-refractivity contribution in [2.24, 2.45) is 0 Å². The van der Waals surface area contributed by atoms with E-state index in [-0.39, 0.29) is 0 Å². The van der Waals surface area contributed by atoms with Crippen molar-refractivity contribution in [3.8, 4) is 10.6 Å². The zero-order valence-corrected chi connectivity index (χ0v) is 9.11. The SMILES string of the molecule is Nc1ccc(-c2nc3cnccc3s2)cn1. The average molecular weight is 228 g/mol. The van der Waals surface area contributed by atoms with E-state index in [1.165, 1.54) is 0 Å². The van der Waals surface area contributed by atoms with Crippen LogP contribution in [0.15, 0.2) is 36.8 Å². The second kappa shape index (κ2) is 3.53. The molecule has 16 heavy (non-hydrogen) atoms. The molecule has 3 heterocycles. The van der Waals surface area contributed by atoms with Gasteiger partial charge in [-0.15, -0.1) is 11.3 Å². The summed E-state index contributed by atoms with van der Waals surface area (Å²) < 4.78 is 1.13. The van der Waals surface area contributed by atoms with Crippen LogP contribution in [0.3, 0.4) is 0 Å². The van der Waals surface area contributed by atoms with Gasteiger partial charge in [-0.1, -0.05) is 0 Å². The Morgan fingerprint density at radius 1 is 1.12 bits per heavy atom. The van der Waals surface area contributed by atoms with Crippen LogP contribution in [-0.2, 0) is 0 Å². The first-order chi connectivity index (χ1) is 7.83. The van der Waals surface area contributed by atoms with Crippen LogP contribution in [0.5, 0.6) is 0 Å². The number of nitrogens with two attached hydrogens (primary N) is 1. The maximum Gasteiger partial charge on any atom is 0.126 e. The van der Waals surface area contributed by atoms with Crippen LogP contribution in [0.1, 0.15) is 0 Å². The smallest absolute Gasteiger partial charge is 0.126 e. The average Bonchev–Trinajstić information content (AvgIpc) is 2.73. The Hall–Kier alpha value is -2.01. The van der Waals surface area contributed by atoms with Gasteiger partial charge in [-0.25, -0.2) is 9.97 Å². The molecule has 0 atom stereocenters. The molecule has 0 saturated carbocycles. The second-order valence-corrected chi connectivity index (χ2v) is 4.36. The van der Waals surface area contributed by atoms with Crippen LogP contribution in [-0.4, -0.2) is 15.0 Å². The van der Waals surface area contributed by atoms with Gasteiger partial charge in [0.25, 0.3) is 0 Å². The third kappa shape index (κ3) is 1.51. The Morgan fingerprint density at radius 3 is 2.81 bits per heavy atom. The number of fused-ring (bicyclic) bond motifs is 1. The van der Waals surface area contributed by atoms with E-state index in [4.69, 9.17) is 5.73 Å². The van der Waals surface area contributed by atoms with Crippen LogP contribution in [0.4, 0.5) is 5.82 Å². The van der Waals surface area contributed by atoms with Crippen molar-refractivity contribution >= 4 is 27.4 Å². The molecule has 0 bridgehead atoms. The van der Waals surface area contributed by atoms with Gasteiger partial charge in [0.1, 0.15) is 16.3 Å². The molecule has 0 fully saturated rings. The number of nitrogen functional groups attached to an aromatic ring is 1. The van der Waals surface area contributed by atoms with Crippen LogP contribution in [0, 0.1) is 0 Å². The number of thiazole rings is 1. The van der Waals surface area contributed by atoms with Gasteiger partial charge in [-0.2, -0.15) is 0 Å². The fourth-order valence-corrected chi connectivity index (χ4v) is 2.36. The second-order valence-electron chi connectivity index (χ2n) is 3.33. The largest absolute Gasteiger partial charge is 0.384 e. The van der Waals surface area contributed by atoms with Gasteiger partial charge in [-0.05, 0) is 18.2 Å². The highest BCUT2D eigenvalue weighted by Gasteiger charge is 2.05. The van der Waals surface area contributed by atoms with Crippen LogP contribution in [0.2, 0.25) is 0 Å². The van der Waals surface area contributed by atoms with E-state index in [2.05, 4.69) is 15.0 Å². The third-order valence-corrected chi connectivity index (χ3v) is 3.31. The Bertz CT molecular complexity index is 597. The molecule has 0 saturated heterocycles. The third-order valence-electron chi connectivity index (χ3n) is 2.22. The van der Waals surface area contributed by atoms with Gasteiger partial charge < -0.3 is 5.73 Å². The fraction of sp³-hybridized carbons (Fsp3) is 0. The zero-order valence-electron chi connectivity index (χ0n) is 8.29. The number of nitrogens with zero attached hydrogens (tertiary/aromatic N) is 3. The van der Waals surface area contributed by atoms with E-state index in [0.29, 0.717) is 5.82 Å². The molecule has 4 nitrogen and oxygen atoms in total. The highest BCUT2D eigenvalue weighted by Crippen LogP contribution is 2.29. The van der Waals surface area contributed by atoms with Gasteiger partial charge in [-0.3, -0.25) is 4.98 Å². The molecule has 3 aromatic rings. The monoisotopic (exact) mass is 228 g/mol. The van der Waals surface area contributed by atoms with Crippen molar-refractivity contribution in [1.29, 1.82) is 0 Å². The summed E-state index contributed by atoms with van der Waals surface area (Å²) in [6, 6.07) is 5.66. The number of pyridine rings is 2. The predicted octanol–water partition coefficient (Wildman–Crippen LogP) is 2.34. The van der Waals surface area contributed by atoms with E-state index in [9.17, 15) is 0 Å². The highest BCUT2D eigenvalue weighted by molar-refractivity contribution is 7.21. The summed E-state index contributed by atoms with van der Waals surface area (Å²) in [4.78, 5) is 12.6. The summed E-state index contributed by atoms with van der Waals surface area (Å²) in [5.41, 5.74) is 7.44. The van der Waals surface area contributed by atoms with Crippen LogP contribution in [0.25, 0.3) is 20.8 Å². The molecule has 0 aromatic carbocycles. The molecule has 0 radical (unpaired) electrons. The van der Waals surface area contributed by atoms with Gasteiger partial charge >= 0.3 is 0 Å². The number of anilines is 1. The topological polar surface area (TPSA) is 64.7 Å². The van der Waals surface area contributed by atoms with E-state index in [0.717, 1.165) is 20.8 Å². The molecule has 5 heteroatoms. The molecule has 0 aliphatic heterocycles. The van der Waals surface area contributed by atoms with Crippen molar-refractivity contribution in [1.82, 2.24) is 15.0 Å². The van der Waals surface area contributed by atoms with E-state index < -0.39 is 0 Å². The highest BCUT2D eigenvalue weighted by atomic mass is 32.1. The molecule has 3 aromatic heterocycles. The first-order valence-corrected chi connectivity index (χ1v) is 5.57. The van der Waals surface area contributed by atoms with Crippen LogP contribution >= 0.6 is 11.3 Å². The lowest BCUT2D eigenvalue weighted by Gasteiger charge is -1.94. The van der Waals surface area contributed by atoms with Crippen molar-refractivity contribution in [2.75, 3.05) is 5.73 Å². The molecule has 0 aliphatic rings. The van der Waals surface area contributed by atoms with Crippen LogP contribution < -0.4 is 5.73 Å². The lowest BCUT2D eigenvalue weighted by molar-refractivity contribution is 1.31. The first-order valence-electron chi connectivity index (χ1n) is 4.75. The Kier molecular flexibility index (Phi) is 2.04. The lowest BCUT2D eigenvalue weighted by Crippen LogP contribution is -1.88. The van der Waals surface area contributed by atoms with Gasteiger partial charge in [0, 0.05) is 18.0 Å². The number of aromatic nitrogens is 3. The molecule has 2 N–H and O–H groups in total. The normalized spacial score (nSPS) is 10.8. The van der Waals surface area contributed by atoms with Crippen molar-refractivity contribution in [3.63, 3.8) is 0 Å². The molecule has 3 rings (SSSR count). The maximum absolute atomic E-state index is 5.54. The standard InChI is InChI=1S/C11H8N4S/c12-10-2-1-7(5-14-10)11-15-8-6-13-4-3-9(8)16-11/h1-6H,(H2,12,14). The molecule has 0 amide bonds. The predicted molar refractivity (Wildman–Crippen MR) is 65.1 cm³/mol. The molecule has 78 valence electrons. The van der Waals surface area contributed by atoms with Crippen molar-refractivity contribution < 1.29 is 0 Å². The molecular formula is C11H8N4S.